The maximum Gasteiger partial charge on any atom is 0.300 e. The fourth-order valence-electron chi connectivity index (χ4n) is 1.29. The smallest absolute Gasteiger partial charge is 0.300 e. The first-order valence-corrected chi connectivity index (χ1v) is 6.03. The highest BCUT2D eigenvalue weighted by molar-refractivity contribution is 5.90. The Morgan fingerprint density at radius 3 is 2.83 bits per heavy atom. The molecule has 0 aliphatic carbocycles. The lowest BCUT2D eigenvalue weighted by atomic mass is 10.4. The van der Waals surface area contributed by atoms with Crippen molar-refractivity contribution >= 4 is 5.91 Å². The number of amides is 1. The van der Waals surface area contributed by atoms with Crippen molar-refractivity contribution in [3.63, 3.8) is 0 Å². The van der Waals surface area contributed by atoms with Gasteiger partial charge in [-0.25, -0.2) is 5.84 Å². The summed E-state index contributed by atoms with van der Waals surface area (Å²) in [5, 5.41) is 0. The molecule has 1 rings (SSSR count). The standard InChI is InChI=1S/C12H20N2O4/c1-2-3-6-16-7-8-17-9-10-4-5-11(18-10)12(15)14-13/h4-5H,2-3,6-9,13H2,1H3,(H,14,15). The maximum atomic E-state index is 11.1. The summed E-state index contributed by atoms with van der Waals surface area (Å²) in [6, 6.07) is 3.24. The van der Waals surface area contributed by atoms with Crippen LogP contribution in [0.1, 0.15) is 36.1 Å². The molecule has 0 aromatic carbocycles. The minimum atomic E-state index is -0.454. The fraction of sp³-hybridized carbons (Fsp3) is 0.583. The van der Waals surface area contributed by atoms with Crippen LogP contribution < -0.4 is 11.3 Å². The first-order chi connectivity index (χ1) is 8.77. The number of hydrazine groups is 1. The zero-order valence-electron chi connectivity index (χ0n) is 10.6. The minimum Gasteiger partial charge on any atom is -0.453 e. The van der Waals surface area contributed by atoms with Crippen LogP contribution in [0.4, 0.5) is 0 Å². The lowest BCUT2D eigenvalue weighted by Crippen LogP contribution is -2.29. The molecule has 102 valence electrons. The molecule has 1 amide bonds. The van der Waals surface area contributed by atoms with Crippen LogP contribution in [0.2, 0.25) is 0 Å². The third kappa shape index (κ3) is 5.31. The van der Waals surface area contributed by atoms with Crippen molar-refractivity contribution in [2.75, 3.05) is 19.8 Å². The molecule has 0 radical (unpaired) electrons. The van der Waals surface area contributed by atoms with Crippen molar-refractivity contribution in [1.29, 1.82) is 0 Å². The number of nitrogens with one attached hydrogen (secondary N) is 1. The summed E-state index contributed by atoms with van der Waals surface area (Å²) < 4.78 is 15.9. The minimum absolute atomic E-state index is 0.176. The summed E-state index contributed by atoms with van der Waals surface area (Å²) in [5.41, 5.74) is 2.00. The van der Waals surface area contributed by atoms with Gasteiger partial charge in [-0.3, -0.25) is 10.2 Å². The van der Waals surface area contributed by atoms with Crippen molar-refractivity contribution in [3.8, 4) is 0 Å². The van der Waals surface area contributed by atoms with E-state index in [1.807, 2.05) is 5.43 Å². The summed E-state index contributed by atoms with van der Waals surface area (Å²) >= 11 is 0. The molecule has 3 N–H and O–H groups in total. The first kappa shape index (κ1) is 14.7. The van der Waals surface area contributed by atoms with Gasteiger partial charge in [-0.15, -0.1) is 0 Å². The van der Waals surface area contributed by atoms with Gasteiger partial charge in [-0.1, -0.05) is 13.3 Å². The third-order valence-electron chi connectivity index (χ3n) is 2.28. The number of furan rings is 1. The molecule has 0 aliphatic rings. The molecule has 6 heteroatoms. The van der Waals surface area contributed by atoms with E-state index in [4.69, 9.17) is 19.7 Å². The summed E-state index contributed by atoms with van der Waals surface area (Å²) in [4.78, 5) is 11.1. The van der Waals surface area contributed by atoms with Gasteiger partial charge in [0.25, 0.3) is 0 Å². The number of carbonyl (C=O) groups is 1. The lowest BCUT2D eigenvalue weighted by Gasteiger charge is -2.03. The predicted octanol–water partition coefficient (Wildman–Crippen LogP) is 1.22. The predicted molar refractivity (Wildman–Crippen MR) is 65.7 cm³/mol. The van der Waals surface area contributed by atoms with Crippen LogP contribution in [0, 0.1) is 0 Å². The Bertz CT molecular complexity index is 352. The first-order valence-electron chi connectivity index (χ1n) is 6.03. The van der Waals surface area contributed by atoms with E-state index in [9.17, 15) is 4.79 Å². The van der Waals surface area contributed by atoms with Gasteiger partial charge in [0, 0.05) is 6.61 Å². The van der Waals surface area contributed by atoms with E-state index >= 15 is 0 Å². The Kier molecular flexibility index (Phi) is 7.09. The van der Waals surface area contributed by atoms with Gasteiger partial charge >= 0.3 is 5.91 Å². The van der Waals surface area contributed by atoms with Gasteiger partial charge in [0.15, 0.2) is 5.76 Å². The second-order valence-corrected chi connectivity index (χ2v) is 3.76. The molecule has 1 aromatic heterocycles. The summed E-state index contributed by atoms with van der Waals surface area (Å²) in [5.74, 6) is 5.29. The molecule has 0 spiro atoms. The fourth-order valence-corrected chi connectivity index (χ4v) is 1.29. The highest BCUT2D eigenvalue weighted by Gasteiger charge is 2.09. The van der Waals surface area contributed by atoms with Crippen molar-refractivity contribution < 1.29 is 18.7 Å². The number of rotatable bonds is 9. The average molecular weight is 256 g/mol. The quantitative estimate of drug-likeness (QED) is 0.300. The number of nitrogen functional groups attached to an aromatic ring is 1. The number of ether oxygens (including phenoxy) is 2. The summed E-state index contributed by atoms with van der Waals surface area (Å²) in [6.07, 6.45) is 2.19. The Hall–Kier alpha value is -1.37. The van der Waals surface area contributed by atoms with Gasteiger partial charge in [-0.2, -0.15) is 0 Å². The Morgan fingerprint density at radius 2 is 2.11 bits per heavy atom. The van der Waals surface area contributed by atoms with E-state index in [1.54, 1.807) is 12.1 Å². The molecule has 0 fully saturated rings. The summed E-state index contributed by atoms with van der Waals surface area (Å²) in [7, 11) is 0. The topological polar surface area (TPSA) is 86.7 Å². The summed E-state index contributed by atoms with van der Waals surface area (Å²) in [6.45, 7) is 4.27. The highest BCUT2D eigenvalue weighted by atomic mass is 16.5. The molecule has 0 unspecified atom stereocenters. The zero-order valence-corrected chi connectivity index (χ0v) is 10.6. The number of hydrogen-bond donors (Lipinski definition) is 2. The van der Waals surface area contributed by atoms with Gasteiger partial charge in [0.1, 0.15) is 12.4 Å². The zero-order chi connectivity index (χ0) is 13.2. The molecule has 1 heterocycles. The van der Waals surface area contributed by atoms with Gasteiger partial charge in [-0.05, 0) is 18.6 Å². The molecule has 0 atom stereocenters. The number of unbranched alkanes of at least 4 members (excludes halogenated alkanes) is 1. The lowest BCUT2D eigenvalue weighted by molar-refractivity contribution is 0.0336. The second kappa shape index (κ2) is 8.68. The number of nitrogens with two attached hydrogens (primary N) is 1. The van der Waals surface area contributed by atoms with Crippen molar-refractivity contribution in [2.24, 2.45) is 5.84 Å². The van der Waals surface area contributed by atoms with E-state index in [1.165, 1.54) is 0 Å². The largest absolute Gasteiger partial charge is 0.453 e. The second-order valence-electron chi connectivity index (χ2n) is 3.76. The molecule has 6 nitrogen and oxygen atoms in total. The van der Waals surface area contributed by atoms with Crippen molar-refractivity contribution in [2.45, 2.75) is 26.4 Å². The van der Waals surface area contributed by atoms with Crippen molar-refractivity contribution in [3.05, 3.63) is 23.7 Å². The van der Waals surface area contributed by atoms with Crippen LogP contribution in [-0.2, 0) is 16.1 Å². The van der Waals surface area contributed by atoms with E-state index in [0.717, 1.165) is 19.4 Å². The van der Waals surface area contributed by atoms with Crippen LogP contribution in [0.3, 0.4) is 0 Å². The van der Waals surface area contributed by atoms with Crippen LogP contribution in [0.5, 0.6) is 0 Å². The monoisotopic (exact) mass is 256 g/mol. The molecule has 0 aliphatic heterocycles. The Morgan fingerprint density at radius 1 is 1.33 bits per heavy atom. The molecular formula is C12H20N2O4. The van der Waals surface area contributed by atoms with Crippen LogP contribution in [0.25, 0.3) is 0 Å². The van der Waals surface area contributed by atoms with Crippen LogP contribution >= 0.6 is 0 Å². The van der Waals surface area contributed by atoms with E-state index in [0.29, 0.717) is 25.6 Å². The molecule has 0 saturated heterocycles. The molecule has 18 heavy (non-hydrogen) atoms. The van der Waals surface area contributed by atoms with Crippen LogP contribution in [-0.4, -0.2) is 25.7 Å². The normalized spacial score (nSPS) is 10.6. The highest BCUT2D eigenvalue weighted by Crippen LogP contribution is 2.08. The Balaban J connectivity index is 2.12. The molecule has 1 aromatic rings. The van der Waals surface area contributed by atoms with Crippen molar-refractivity contribution in [1.82, 2.24) is 5.43 Å². The molecule has 0 saturated carbocycles. The Labute approximate surface area is 106 Å². The van der Waals surface area contributed by atoms with Gasteiger partial charge < -0.3 is 13.9 Å². The average Bonchev–Trinajstić information content (AvgIpc) is 2.85. The van der Waals surface area contributed by atoms with Gasteiger partial charge in [0.05, 0.1) is 13.2 Å². The van der Waals surface area contributed by atoms with E-state index in [2.05, 4.69) is 6.92 Å². The SMILES string of the molecule is CCCCOCCOCc1ccc(C(=O)NN)o1. The van der Waals surface area contributed by atoms with Crippen LogP contribution in [0.15, 0.2) is 16.5 Å². The van der Waals surface area contributed by atoms with E-state index in [-0.39, 0.29) is 5.76 Å². The maximum absolute atomic E-state index is 11.1. The van der Waals surface area contributed by atoms with E-state index < -0.39 is 5.91 Å². The molecular weight excluding hydrogens is 236 g/mol. The van der Waals surface area contributed by atoms with Gasteiger partial charge in [0.2, 0.25) is 0 Å². The number of hydrogen-bond acceptors (Lipinski definition) is 5. The third-order valence-corrected chi connectivity index (χ3v) is 2.28. The molecule has 0 bridgehead atoms. The number of carbonyl (C=O) groups excluding carboxylic acids is 1.